The lowest BCUT2D eigenvalue weighted by molar-refractivity contribution is -0.120. The summed E-state index contributed by atoms with van der Waals surface area (Å²) in [6, 6.07) is 12.5. The molecule has 3 rings (SSSR count). The van der Waals surface area contributed by atoms with Crippen molar-refractivity contribution in [2.24, 2.45) is 0 Å². The van der Waals surface area contributed by atoms with Crippen molar-refractivity contribution in [3.05, 3.63) is 41.7 Å². The highest BCUT2D eigenvalue weighted by molar-refractivity contribution is 7.99. The molecule has 1 saturated carbocycles. The molecule has 1 N–H and O–H groups in total. The third-order valence-corrected chi connectivity index (χ3v) is 5.91. The Morgan fingerprint density at radius 3 is 2.67 bits per heavy atom. The van der Waals surface area contributed by atoms with E-state index in [1.807, 2.05) is 22.8 Å². The summed E-state index contributed by atoms with van der Waals surface area (Å²) in [5.41, 5.74) is 0.495. The number of rotatable bonds is 7. The zero-order valence-corrected chi connectivity index (χ0v) is 16.5. The second-order valence-electron chi connectivity index (χ2n) is 6.90. The Kier molecular flexibility index (Phi) is 6.51. The maximum Gasteiger partial charge on any atom is 0.231 e. The molecule has 0 bridgehead atoms. The molecule has 1 aromatic carbocycles. The summed E-state index contributed by atoms with van der Waals surface area (Å²) in [5, 5.41) is 21.8. The van der Waals surface area contributed by atoms with Gasteiger partial charge in [-0.1, -0.05) is 61.4 Å². The Labute approximate surface area is 164 Å². The van der Waals surface area contributed by atoms with Gasteiger partial charge >= 0.3 is 0 Å². The van der Waals surface area contributed by atoms with Gasteiger partial charge in [0, 0.05) is 13.0 Å². The van der Waals surface area contributed by atoms with Crippen LogP contribution in [0, 0.1) is 11.3 Å². The summed E-state index contributed by atoms with van der Waals surface area (Å²) in [6.45, 7) is 2.80. The molecule has 2 aromatic rings. The van der Waals surface area contributed by atoms with E-state index in [0.717, 1.165) is 49.6 Å². The molecule has 27 heavy (non-hydrogen) atoms. The van der Waals surface area contributed by atoms with Gasteiger partial charge in [-0.3, -0.25) is 4.79 Å². The molecule has 0 aliphatic heterocycles. The summed E-state index contributed by atoms with van der Waals surface area (Å²) >= 11 is 1.38. The zero-order valence-electron chi connectivity index (χ0n) is 15.6. The molecule has 6 nitrogen and oxygen atoms in total. The highest BCUT2D eigenvalue weighted by Gasteiger charge is 2.33. The first kappa shape index (κ1) is 19.4. The summed E-state index contributed by atoms with van der Waals surface area (Å²) in [6.07, 6.45) is 5.32. The molecule has 1 aliphatic carbocycles. The van der Waals surface area contributed by atoms with Gasteiger partial charge < -0.3 is 9.88 Å². The molecule has 0 radical (unpaired) electrons. The fourth-order valence-electron chi connectivity index (χ4n) is 3.51. The molecular weight excluding hydrogens is 358 g/mol. The van der Waals surface area contributed by atoms with Crippen LogP contribution in [0.2, 0.25) is 0 Å². The van der Waals surface area contributed by atoms with Gasteiger partial charge in [0.2, 0.25) is 5.91 Å². The number of hydrogen-bond donors (Lipinski definition) is 1. The number of nitriles is 1. The quantitative estimate of drug-likeness (QED) is 0.742. The van der Waals surface area contributed by atoms with E-state index in [1.54, 1.807) is 0 Å². The fraction of sp³-hybridized carbons (Fsp3) is 0.500. The van der Waals surface area contributed by atoms with Crippen LogP contribution in [-0.2, 0) is 17.8 Å². The zero-order chi connectivity index (χ0) is 19.1. The molecular formula is C20H25N5OS. The first-order chi connectivity index (χ1) is 13.2. The van der Waals surface area contributed by atoms with Crippen LogP contribution in [0.5, 0.6) is 0 Å². The van der Waals surface area contributed by atoms with Crippen LogP contribution in [-0.4, -0.2) is 32.0 Å². The van der Waals surface area contributed by atoms with Crippen molar-refractivity contribution < 1.29 is 4.79 Å². The van der Waals surface area contributed by atoms with E-state index in [2.05, 4.69) is 40.6 Å². The normalized spacial score (nSPS) is 15.9. The van der Waals surface area contributed by atoms with Crippen LogP contribution < -0.4 is 5.32 Å². The molecule has 0 spiro atoms. The third-order valence-electron chi connectivity index (χ3n) is 4.95. The minimum atomic E-state index is -0.688. The number of amides is 1. The monoisotopic (exact) mass is 383 g/mol. The Morgan fingerprint density at radius 2 is 2.00 bits per heavy atom. The number of nitrogens with zero attached hydrogens (tertiary/aromatic N) is 4. The number of carbonyl (C=O) groups excluding carboxylic acids is 1. The number of thioether (sulfide) groups is 1. The maximum absolute atomic E-state index is 12.4. The Hall–Kier alpha value is -2.33. The maximum atomic E-state index is 12.4. The number of nitrogens with one attached hydrogen (secondary N) is 1. The number of aromatic nitrogens is 3. The number of hydrogen-bond acceptors (Lipinski definition) is 5. The minimum absolute atomic E-state index is 0.112. The average molecular weight is 384 g/mol. The third kappa shape index (κ3) is 4.89. The second-order valence-corrected chi connectivity index (χ2v) is 7.84. The van der Waals surface area contributed by atoms with Crippen molar-refractivity contribution in [1.82, 2.24) is 20.1 Å². The summed E-state index contributed by atoms with van der Waals surface area (Å²) in [4.78, 5) is 12.4. The second kappa shape index (κ2) is 9.05. The van der Waals surface area contributed by atoms with Crippen LogP contribution >= 0.6 is 11.8 Å². The topological polar surface area (TPSA) is 83.6 Å². The molecule has 1 amide bonds. The van der Waals surface area contributed by atoms with Gasteiger partial charge in [-0.2, -0.15) is 5.26 Å². The van der Waals surface area contributed by atoms with Crippen molar-refractivity contribution >= 4 is 17.7 Å². The standard InChI is InChI=1S/C20H25N5OS/c1-2-25-17(13-16-9-5-3-6-10-16)23-24-19(25)27-14-18(26)22-20(15-21)11-7-4-8-12-20/h3,5-6,9-10H,2,4,7-8,11-14H2,1H3,(H,22,26). The van der Waals surface area contributed by atoms with Crippen molar-refractivity contribution in [1.29, 1.82) is 5.26 Å². The molecule has 0 atom stereocenters. The van der Waals surface area contributed by atoms with E-state index in [9.17, 15) is 10.1 Å². The van der Waals surface area contributed by atoms with Crippen LogP contribution in [0.15, 0.2) is 35.5 Å². The number of benzene rings is 1. The van der Waals surface area contributed by atoms with Crippen molar-refractivity contribution in [2.75, 3.05) is 5.75 Å². The van der Waals surface area contributed by atoms with Crippen LogP contribution in [0.25, 0.3) is 0 Å². The van der Waals surface area contributed by atoms with E-state index in [-0.39, 0.29) is 11.7 Å². The highest BCUT2D eigenvalue weighted by atomic mass is 32.2. The van der Waals surface area contributed by atoms with Crippen LogP contribution in [0.4, 0.5) is 0 Å². The SMILES string of the molecule is CCn1c(Cc2ccccc2)nnc1SCC(=O)NC1(C#N)CCCCC1. The Balaban J connectivity index is 1.61. The van der Waals surface area contributed by atoms with Crippen LogP contribution in [0.1, 0.15) is 50.4 Å². The fourth-order valence-corrected chi connectivity index (χ4v) is 4.33. The predicted molar refractivity (Wildman–Crippen MR) is 105 cm³/mol. The van der Waals surface area contributed by atoms with Gasteiger partial charge in [0.1, 0.15) is 11.4 Å². The van der Waals surface area contributed by atoms with Gasteiger partial charge in [0.05, 0.1) is 11.8 Å². The van der Waals surface area contributed by atoms with Crippen molar-refractivity contribution in [2.45, 2.75) is 62.7 Å². The molecule has 1 aromatic heterocycles. The first-order valence-electron chi connectivity index (χ1n) is 9.47. The lowest BCUT2D eigenvalue weighted by Crippen LogP contribution is -2.49. The van der Waals surface area contributed by atoms with Gasteiger partial charge in [0.15, 0.2) is 5.16 Å². The Bertz CT molecular complexity index is 806. The molecule has 1 heterocycles. The lowest BCUT2D eigenvalue weighted by Gasteiger charge is -2.31. The van der Waals surface area contributed by atoms with E-state index >= 15 is 0 Å². The van der Waals surface area contributed by atoms with Gasteiger partial charge in [-0.15, -0.1) is 10.2 Å². The molecule has 7 heteroatoms. The van der Waals surface area contributed by atoms with Gasteiger partial charge in [0.25, 0.3) is 0 Å². The summed E-state index contributed by atoms with van der Waals surface area (Å²) < 4.78 is 2.05. The molecule has 0 saturated heterocycles. The van der Waals surface area contributed by atoms with E-state index < -0.39 is 5.54 Å². The molecule has 1 aliphatic rings. The first-order valence-corrected chi connectivity index (χ1v) is 10.5. The van der Waals surface area contributed by atoms with E-state index in [1.165, 1.54) is 17.3 Å². The van der Waals surface area contributed by atoms with Crippen molar-refractivity contribution in [3.63, 3.8) is 0 Å². The van der Waals surface area contributed by atoms with Crippen molar-refractivity contribution in [3.8, 4) is 6.07 Å². The average Bonchev–Trinajstić information content (AvgIpc) is 3.09. The highest BCUT2D eigenvalue weighted by Crippen LogP contribution is 2.28. The smallest absolute Gasteiger partial charge is 0.231 e. The summed E-state index contributed by atoms with van der Waals surface area (Å²) in [7, 11) is 0. The predicted octanol–water partition coefficient (Wildman–Crippen LogP) is 3.32. The van der Waals surface area contributed by atoms with E-state index in [0.29, 0.717) is 6.42 Å². The lowest BCUT2D eigenvalue weighted by atomic mass is 9.83. The molecule has 1 fully saturated rings. The van der Waals surface area contributed by atoms with Gasteiger partial charge in [-0.25, -0.2) is 0 Å². The summed E-state index contributed by atoms with van der Waals surface area (Å²) in [5.74, 6) is 1.03. The van der Waals surface area contributed by atoms with Crippen LogP contribution in [0.3, 0.4) is 0 Å². The van der Waals surface area contributed by atoms with E-state index in [4.69, 9.17) is 0 Å². The molecule has 0 unspecified atom stereocenters. The van der Waals surface area contributed by atoms with Gasteiger partial charge in [-0.05, 0) is 25.3 Å². The minimum Gasteiger partial charge on any atom is -0.337 e. The number of carbonyl (C=O) groups is 1. The largest absolute Gasteiger partial charge is 0.337 e. The Morgan fingerprint density at radius 1 is 1.26 bits per heavy atom. The molecule has 142 valence electrons.